The lowest BCUT2D eigenvalue weighted by atomic mass is 9.78. The first-order valence-electron chi connectivity index (χ1n) is 8.98. The normalized spacial score (nSPS) is 26.8. The van der Waals surface area contributed by atoms with E-state index in [1.807, 2.05) is 0 Å². The van der Waals surface area contributed by atoms with Crippen LogP contribution in [0, 0.1) is 17.2 Å². The van der Waals surface area contributed by atoms with Gasteiger partial charge in [0.05, 0.1) is 36.5 Å². The van der Waals surface area contributed by atoms with Crippen LogP contribution in [0.4, 0.5) is 0 Å². The molecular formula is C19H21N5O3. The summed E-state index contributed by atoms with van der Waals surface area (Å²) in [6, 6.07) is 7.34. The molecular weight excluding hydrogens is 346 g/mol. The number of hydrogen-bond donors (Lipinski definition) is 3. The van der Waals surface area contributed by atoms with Crippen molar-refractivity contribution in [3.63, 3.8) is 0 Å². The summed E-state index contributed by atoms with van der Waals surface area (Å²) in [6.45, 7) is 0. The summed E-state index contributed by atoms with van der Waals surface area (Å²) in [5.74, 6) is 1.33. The predicted octanol–water partition coefficient (Wildman–Crippen LogP) is 1.67. The number of aromatic nitrogens is 1. The van der Waals surface area contributed by atoms with Gasteiger partial charge in [-0.05, 0) is 37.5 Å². The van der Waals surface area contributed by atoms with Crippen LogP contribution in [0.5, 0.6) is 5.75 Å². The second-order valence-electron chi connectivity index (χ2n) is 6.95. The molecule has 1 saturated heterocycles. The fourth-order valence-corrected chi connectivity index (χ4v) is 4.06. The van der Waals surface area contributed by atoms with E-state index in [1.54, 1.807) is 24.4 Å². The molecule has 27 heavy (non-hydrogen) atoms. The largest absolute Gasteiger partial charge is 0.496 e. The molecule has 0 bridgehead atoms. The van der Waals surface area contributed by atoms with E-state index < -0.39 is 0 Å². The van der Waals surface area contributed by atoms with Gasteiger partial charge in [0.2, 0.25) is 0 Å². The van der Waals surface area contributed by atoms with Crippen LogP contribution in [0.2, 0.25) is 0 Å². The zero-order chi connectivity index (χ0) is 18.8. The Balaban J connectivity index is 1.46. The van der Waals surface area contributed by atoms with Crippen molar-refractivity contribution in [2.75, 3.05) is 7.11 Å². The summed E-state index contributed by atoms with van der Waals surface area (Å²) in [5.41, 5.74) is 7.52. The van der Waals surface area contributed by atoms with Gasteiger partial charge in [0.25, 0.3) is 5.91 Å². The van der Waals surface area contributed by atoms with Gasteiger partial charge in [-0.25, -0.2) is 10.4 Å². The van der Waals surface area contributed by atoms with E-state index in [1.165, 1.54) is 13.5 Å². The lowest BCUT2D eigenvalue weighted by molar-refractivity contribution is 0.0911. The van der Waals surface area contributed by atoms with Crippen LogP contribution >= 0.6 is 0 Å². The molecule has 1 aliphatic carbocycles. The van der Waals surface area contributed by atoms with Crippen LogP contribution < -0.4 is 20.9 Å². The first-order chi connectivity index (χ1) is 13.2. The number of ether oxygens (including phenoxy) is 1. The van der Waals surface area contributed by atoms with Gasteiger partial charge in [0, 0.05) is 18.0 Å². The standard InChI is InChI=1S/C19H21N5O3/c1-26-16-6-11(8-20)2-4-13(16)19(25)22-12-3-5-15-14(7-12)18(24-23-15)17-9-21-10-27-17/h2,4,6,9-10,12,14-15,18,23-24H,3,5,7H2,1H3,(H,22,25). The van der Waals surface area contributed by atoms with Crippen molar-refractivity contribution < 1.29 is 13.9 Å². The van der Waals surface area contributed by atoms with E-state index >= 15 is 0 Å². The predicted molar refractivity (Wildman–Crippen MR) is 95.6 cm³/mol. The fourth-order valence-electron chi connectivity index (χ4n) is 4.06. The molecule has 0 radical (unpaired) electrons. The first-order valence-corrected chi connectivity index (χ1v) is 8.98. The average molecular weight is 367 g/mol. The lowest BCUT2D eigenvalue weighted by Gasteiger charge is -2.33. The highest BCUT2D eigenvalue weighted by Gasteiger charge is 2.42. The Morgan fingerprint density at radius 1 is 1.41 bits per heavy atom. The number of nitrogens with zero attached hydrogens (tertiary/aromatic N) is 2. The van der Waals surface area contributed by atoms with Crippen molar-refractivity contribution in [2.45, 2.75) is 37.4 Å². The van der Waals surface area contributed by atoms with E-state index in [2.05, 4.69) is 27.2 Å². The van der Waals surface area contributed by atoms with Crippen molar-refractivity contribution in [1.29, 1.82) is 5.26 Å². The van der Waals surface area contributed by atoms with Gasteiger partial charge in [-0.1, -0.05) is 0 Å². The topological polar surface area (TPSA) is 112 Å². The van der Waals surface area contributed by atoms with Crippen molar-refractivity contribution in [3.8, 4) is 11.8 Å². The Morgan fingerprint density at radius 2 is 2.30 bits per heavy atom. The maximum Gasteiger partial charge on any atom is 0.255 e. The number of amides is 1. The number of carbonyl (C=O) groups is 1. The minimum atomic E-state index is -0.185. The van der Waals surface area contributed by atoms with Gasteiger partial charge in [-0.15, -0.1) is 0 Å². The molecule has 1 saturated carbocycles. The SMILES string of the molecule is COc1cc(C#N)ccc1C(=O)NC1CCC2NNC(c3cnco3)C2C1. The highest BCUT2D eigenvalue weighted by Crippen LogP contribution is 2.38. The third-order valence-electron chi connectivity index (χ3n) is 5.42. The van der Waals surface area contributed by atoms with Crippen molar-refractivity contribution in [2.24, 2.45) is 5.92 Å². The summed E-state index contributed by atoms with van der Waals surface area (Å²) < 4.78 is 10.7. The quantitative estimate of drug-likeness (QED) is 0.753. The zero-order valence-electron chi connectivity index (χ0n) is 14.9. The molecule has 1 aromatic carbocycles. The number of fused-ring (bicyclic) bond motifs is 1. The third kappa shape index (κ3) is 3.39. The Kier molecular flexibility index (Phi) is 4.79. The molecule has 0 spiro atoms. The molecule has 1 aliphatic heterocycles. The molecule has 2 fully saturated rings. The summed E-state index contributed by atoms with van der Waals surface area (Å²) >= 11 is 0. The Morgan fingerprint density at radius 3 is 3.04 bits per heavy atom. The van der Waals surface area contributed by atoms with Crippen LogP contribution in [0.15, 0.2) is 35.2 Å². The average Bonchev–Trinajstić information content (AvgIpc) is 3.36. The summed E-state index contributed by atoms with van der Waals surface area (Å²) in [5, 5.41) is 12.1. The molecule has 140 valence electrons. The number of methoxy groups -OCH3 is 1. The van der Waals surface area contributed by atoms with Gasteiger partial charge in [-0.2, -0.15) is 5.26 Å². The highest BCUT2D eigenvalue weighted by molar-refractivity contribution is 5.97. The van der Waals surface area contributed by atoms with Crippen molar-refractivity contribution in [1.82, 2.24) is 21.2 Å². The minimum Gasteiger partial charge on any atom is -0.496 e. The second-order valence-corrected chi connectivity index (χ2v) is 6.95. The molecule has 4 rings (SSSR count). The van der Waals surface area contributed by atoms with E-state index in [4.69, 9.17) is 14.4 Å². The number of rotatable bonds is 4. The fraction of sp³-hybridized carbons (Fsp3) is 0.421. The van der Waals surface area contributed by atoms with Crippen LogP contribution in [-0.4, -0.2) is 30.1 Å². The highest BCUT2D eigenvalue weighted by atomic mass is 16.5. The Hall–Kier alpha value is -2.89. The van der Waals surface area contributed by atoms with E-state index in [-0.39, 0.29) is 18.0 Å². The van der Waals surface area contributed by atoms with E-state index in [9.17, 15) is 4.79 Å². The molecule has 2 aromatic rings. The molecule has 4 unspecified atom stereocenters. The second kappa shape index (κ2) is 7.39. The third-order valence-corrected chi connectivity index (χ3v) is 5.42. The molecule has 8 nitrogen and oxygen atoms in total. The van der Waals surface area contributed by atoms with Gasteiger partial charge in [0.1, 0.15) is 11.5 Å². The van der Waals surface area contributed by atoms with Crippen LogP contribution in [0.3, 0.4) is 0 Å². The Bertz CT molecular complexity index is 861. The number of nitriles is 1. The molecule has 1 aromatic heterocycles. The van der Waals surface area contributed by atoms with Crippen LogP contribution in [0.25, 0.3) is 0 Å². The van der Waals surface area contributed by atoms with E-state index in [0.717, 1.165) is 25.0 Å². The van der Waals surface area contributed by atoms with E-state index in [0.29, 0.717) is 28.8 Å². The molecule has 4 atom stereocenters. The van der Waals surface area contributed by atoms with Gasteiger partial charge < -0.3 is 14.5 Å². The number of benzene rings is 1. The summed E-state index contributed by atoms with van der Waals surface area (Å²) in [4.78, 5) is 16.8. The van der Waals surface area contributed by atoms with Crippen molar-refractivity contribution >= 4 is 5.91 Å². The van der Waals surface area contributed by atoms with Crippen LogP contribution in [-0.2, 0) is 0 Å². The first kappa shape index (κ1) is 17.5. The van der Waals surface area contributed by atoms with Crippen molar-refractivity contribution in [3.05, 3.63) is 47.7 Å². The smallest absolute Gasteiger partial charge is 0.255 e. The maximum atomic E-state index is 12.8. The maximum absolute atomic E-state index is 12.8. The number of oxazole rings is 1. The number of hydrogen-bond acceptors (Lipinski definition) is 7. The number of hydrazine groups is 1. The summed E-state index contributed by atoms with van der Waals surface area (Å²) in [6.07, 6.45) is 5.84. The monoisotopic (exact) mass is 367 g/mol. The lowest BCUT2D eigenvalue weighted by Crippen LogP contribution is -2.44. The van der Waals surface area contributed by atoms with Gasteiger partial charge >= 0.3 is 0 Å². The number of carbonyl (C=O) groups excluding carboxylic acids is 1. The number of nitrogens with one attached hydrogen (secondary N) is 3. The molecule has 3 N–H and O–H groups in total. The molecule has 8 heteroatoms. The van der Waals surface area contributed by atoms with Gasteiger partial charge in [-0.3, -0.25) is 10.2 Å². The van der Waals surface area contributed by atoms with Crippen LogP contribution in [0.1, 0.15) is 47.0 Å². The molecule has 2 heterocycles. The van der Waals surface area contributed by atoms with Gasteiger partial charge in [0.15, 0.2) is 6.39 Å². The minimum absolute atomic E-state index is 0.0432. The molecule has 1 amide bonds. The summed E-state index contributed by atoms with van der Waals surface area (Å²) in [7, 11) is 1.50. The zero-order valence-corrected chi connectivity index (χ0v) is 14.9. The Labute approximate surface area is 156 Å². The molecule has 2 aliphatic rings.